The first kappa shape index (κ1) is 11.2. The van der Waals surface area contributed by atoms with Crippen molar-refractivity contribution < 1.29 is 16.8 Å². The smallest absolute Gasteiger partial charge is 0.00750 e. The summed E-state index contributed by atoms with van der Waals surface area (Å²) in [6.07, 6.45) is 0. The topological polar surface area (TPSA) is 64.1 Å². The van der Waals surface area contributed by atoms with Crippen molar-refractivity contribution in [3.8, 4) is 0 Å². The van der Waals surface area contributed by atoms with Crippen LogP contribution < -0.4 is 16.8 Å². The molecule has 0 aromatic rings. The van der Waals surface area contributed by atoms with Crippen molar-refractivity contribution in [3.63, 3.8) is 0 Å². The van der Waals surface area contributed by atoms with Crippen LogP contribution in [0.25, 0.3) is 0 Å². The van der Waals surface area contributed by atoms with Gasteiger partial charge in [-0.15, -0.1) is 0 Å². The van der Waals surface area contributed by atoms with E-state index in [0.29, 0.717) is 13.1 Å². The Morgan fingerprint density at radius 3 is 1.62 bits per heavy atom. The summed E-state index contributed by atoms with van der Waals surface area (Å²) in [5, 5.41) is 3.03. The van der Waals surface area contributed by atoms with Crippen LogP contribution in [0, 0.1) is 0 Å². The van der Waals surface area contributed by atoms with Gasteiger partial charge in [-0.25, -0.2) is 0 Å². The summed E-state index contributed by atoms with van der Waals surface area (Å²) in [5.74, 6) is 0. The maximum absolute atomic E-state index is 5.17. The van der Waals surface area contributed by atoms with Gasteiger partial charge in [0.1, 0.15) is 0 Å². The number of rotatable bonds is 4. The fraction of sp³-hybridized carbons (Fsp3) is 1.00. The van der Waals surface area contributed by atoms with Crippen LogP contribution in [0.2, 0.25) is 0 Å². The summed E-state index contributed by atoms with van der Waals surface area (Å²) in [4.78, 5) is 0. The van der Waals surface area contributed by atoms with Gasteiger partial charge in [0, 0.05) is 43.0 Å². The zero-order valence-corrected chi connectivity index (χ0v) is 5.86. The molecule has 8 heavy (non-hydrogen) atoms. The van der Waals surface area contributed by atoms with Crippen LogP contribution in [-0.2, 0) is 16.8 Å². The Bertz CT molecular complexity index is 30.5. The van der Waals surface area contributed by atoms with Crippen molar-refractivity contribution in [1.82, 2.24) is 5.32 Å². The van der Waals surface area contributed by atoms with E-state index in [1.165, 1.54) is 0 Å². The molecule has 5 N–H and O–H groups in total. The third-order valence-electron chi connectivity index (χ3n) is 0.642. The van der Waals surface area contributed by atoms with E-state index >= 15 is 0 Å². The molecule has 4 heteroatoms. The third-order valence-corrected chi connectivity index (χ3v) is 0.642. The van der Waals surface area contributed by atoms with E-state index in [2.05, 4.69) is 5.32 Å². The molecule has 0 fully saturated rings. The molecular formula is C4H13CoN3. The van der Waals surface area contributed by atoms with E-state index in [1.807, 2.05) is 0 Å². The SMILES string of the molecule is NCCNCCN.[Co]. The Balaban J connectivity index is 0. The monoisotopic (exact) mass is 162 g/mol. The molecule has 0 saturated carbocycles. The van der Waals surface area contributed by atoms with Crippen molar-refractivity contribution >= 4 is 0 Å². The van der Waals surface area contributed by atoms with E-state index in [1.54, 1.807) is 0 Å². The summed E-state index contributed by atoms with van der Waals surface area (Å²) in [7, 11) is 0. The molecule has 0 rings (SSSR count). The average Bonchev–Trinajstić information content (AvgIpc) is 1.69. The van der Waals surface area contributed by atoms with Crippen molar-refractivity contribution in [2.45, 2.75) is 0 Å². The van der Waals surface area contributed by atoms with Gasteiger partial charge >= 0.3 is 0 Å². The minimum Gasteiger partial charge on any atom is -0.329 e. The van der Waals surface area contributed by atoms with Gasteiger partial charge in [-0.2, -0.15) is 0 Å². The second-order valence-electron chi connectivity index (χ2n) is 1.33. The molecule has 53 valence electrons. The van der Waals surface area contributed by atoms with Crippen LogP contribution in [0.3, 0.4) is 0 Å². The first-order chi connectivity index (χ1) is 3.41. The molecule has 0 spiro atoms. The molecule has 0 aromatic heterocycles. The minimum atomic E-state index is 0. The molecule has 0 aliphatic carbocycles. The van der Waals surface area contributed by atoms with Gasteiger partial charge in [0.2, 0.25) is 0 Å². The second kappa shape index (κ2) is 10.4. The predicted molar refractivity (Wildman–Crippen MR) is 31.0 cm³/mol. The van der Waals surface area contributed by atoms with Crippen LogP contribution in [0.4, 0.5) is 0 Å². The minimum absolute atomic E-state index is 0. The average molecular weight is 162 g/mol. The molecule has 0 unspecified atom stereocenters. The summed E-state index contributed by atoms with van der Waals surface area (Å²) < 4.78 is 0. The molecule has 3 nitrogen and oxygen atoms in total. The molecule has 0 saturated heterocycles. The number of hydrogen-bond donors (Lipinski definition) is 3. The Hall–Kier alpha value is 0.386. The van der Waals surface area contributed by atoms with Crippen molar-refractivity contribution in [2.75, 3.05) is 26.2 Å². The summed E-state index contributed by atoms with van der Waals surface area (Å²) in [6.45, 7) is 3.13. The standard InChI is InChI=1S/C4H13N3.Co/c5-1-3-7-4-2-6;/h7H,1-6H2;. The van der Waals surface area contributed by atoms with E-state index < -0.39 is 0 Å². The first-order valence-corrected chi connectivity index (χ1v) is 2.52. The summed E-state index contributed by atoms with van der Waals surface area (Å²) >= 11 is 0. The number of hydrogen-bond acceptors (Lipinski definition) is 3. The molecule has 0 atom stereocenters. The zero-order valence-electron chi connectivity index (χ0n) is 4.82. The quantitative estimate of drug-likeness (QED) is 0.440. The molecule has 0 heterocycles. The number of nitrogens with one attached hydrogen (secondary N) is 1. The van der Waals surface area contributed by atoms with E-state index in [-0.39, 0.29) is 16.8 Å². The van der Waals surface area contributed by atoms with Gasteiger partial charge in [0.05, 0.1) is 0 Å². The van der Waals surface area contributed by atoms with Gasteiger partial charge in [-0.1, -0.05) is 0 Å². The van der Waals surface area contributed by atoms with Gasteiger partial charge in [0.15, 0.2) is 0 Å². The molecule has 0 aromatic carbocycles. The van der Waals surface area contributed by atoms with Crippen LogP contribution in [-0.4, -0.2) is 26.2 Å². The Morgan fingerprint density at radius 2 is 1.38 bits per heavy atom. The van der Waals surface area contributed by atoms with E-state index in [4.69, 9.17) is 11.5 Å². The van der Waals surface area contributed by atoms with Gasteiger partial charge < -0.3 is 16.8 Å². The Labute approximate surface area is 60.4 Å². The molecule has 0 amide bonds. The Kier molecular flexibility index (Phi) is 14.6. The van der Waals surface area contributed by atoms with E-state index in [9.17, 15) is 0 Å². The molecule has 0 bridgehead atoms. The molecule has 1 radical (unpaired) electrons. The van der Waals surface area contributed by atoms with Crippen LogP contribution >= 0.6 is 0 Å². The maximum Gasteiger partial charge on any atom is 0.00750 e. The normalized spacial score (nSPS) is 8.25. The van der Waals surface area contributed by atoms with Gasteiger partial charge in [-0.05, 0) is 0 Å². The molecular weight excluding hydrogens is 149 g/mol. The van der Waals surface area contributed by atoms with Crippen LogP contribution in [0.15, 0.2) is 0 Å². The van der Waals surface area contributed by atoms with E-state index in [0.717, 1.165) is 13.1 Å². The van der Waals surface area contributed by atoms with Gasteiger partial charge in [0.25, 0.3) is 0 Å². The predicted octanol–water partition coefficient (Wildman–Crippen LogP) is -1.51. The van der Waals surface area contributed by atoms with Gasteiger partial charge in [-0.3, -0.25) is 0 Å². The second-order valence-corrected chi connectivity index (χ2v) is 1.33. The van der Waals surface area contributed by atoms with Crippen molar-refractivity contribution in [3.05, 3.63) is 0 Å². The summed E-state index contributed by atoms with van der Waals surface area (Å²) in [6, 6.07) is 0. The van der Waals surface area contributed by atoms with Crippen molar-refractivity contribution in [2.24, 2.45) is 11.5 Å². The zero-order chi connectivity index (χ0) is 5.54. The maximum atomic E-state index is 5.17. The fourth-order valence-corrected chi connectivity index (χ4v) is 0.329. The third kappa shape index (κ3) is 9.63. The molecule has 0 aliphatic heterocycles. The van der Waals surface area contributed by atoms with Crippen LogP contribution in [0.1, 0.15) is 0 Å². The largest absolute Gasteiger partial charge is 0.329 e. The molecule has 0 aliphatic rings. The fourth-order valence-electron chi connectivity index (χ4n) is 0.329. The Morgan fingerprint density at radius 1 is 1.00 bits per heavy atom. The number of nitrogens with two attached hydrogens (primary N) is 2. The van der Waals surface area contributed by atoms with Crippen LogP contribution in [0.5, 0.6) is 0 Å². The summed E-state index contributed by atoms with van der Waals surface area (Å²) in [5.41, 5.74) is 10.3. The van der Waals surface area contributed by atoms with Crippen molar-refractivity contribution in [1.29, 1.82) is 0 Å². The first-order valence-electron chi connectivity index (χ1n) is 2.52.